The van der Waals surface area contributed by atoms with Crippen LogP contribution < -0.4 is 10.0 Å². The summed E-state index contributed by atoms with van der Waals surface area (Å²) in [7, 11) is -2.45. The van der Waals surface area contributed by atoms with E-state index in [1.807, 2.05) is 0 Å². The van der Waals surface area contributed by atoms with Crippen LogP contribution in [0.25, 0.3) is 10.9 Å². The molecule has 3 aromatic rings. The Morgan fingerprint density at radius 2 is 2.14 bits per heavy atom. The van der Waals surface area contributed by atoms with Crippen molar-refractivity contribution in [2.24, 2.45) is 0 Å². The van der Waals surface area contributed by atoms with Gasteiger partial charge in [-0.25, -0.2) is 4.98 Å². The van der Waals surface area contributed by atoms with E-state index in [1.165, 1.54) is 23.6 Å². The molecule has 0 radical (unpaired) electrons. The summed E-state index contributed by atoms with van der Waals surface area (Å²) < 4.78 is 29.4. The quantitative estimate of drug-likeness (QED) is 0.482. The van der Waals surface area contributed by atoms with Crippen molar-refractivity contribution in [1.82, 2.24) is 19.6 Å². The van der Waals surface area contributed by atoms with Crippen LogP contribution in [0.2, 0.25) is 10.0 Å². The predicted octanol–water partition coefficient (Wildman–Crippen LogP) is 2.61. The molecule has 4 N–H and O–H groups in total. The number of carbonyl (C=O) groups is 1. The van der Waals surface area contributed by atoms with Gasteiger partial charge in [-0.15, -0.1) is 0 Å². The number of pyridine rings is 1. The van der Waals surface area contributed by atoms with E-state index in [0.717, 1.165) is 0 Å². The number of nitrogens with one attached hydrogen (secondary N) is 3. The van der Waals surface area contributed by atoms with Gasteiger partial charge < -0.3 is 15.4 Å². The van der Waals surface area contributed by atoms with Crippen molar-refractivity contribution in [2.75, 3.05) is 11.8 Å². The van der Waals surface area contributed by atoms with Crippen molar-refractivity contribution in [3.05, 3.63) is 51.3 Å². The molecule has 0 bridgehead atoms. The van der Waals surface area contributed by atoms with Gasteiger partial charge >= 0.3 is 10.2 Å². The zero-order chi connectivity index (χ0) is 20.9. The van der Waals surface area contributed by atoms with Gasteiger partial charge in [0.25, 0.3) is 5.91 Å². The van der Waals surface area contributed by atoms with Crippen LogP contribution in [0.5, 0.6) is 5.88 Å². The van der Waals surface area contributed by atoms with E-state index in [1.54, 1.807) is 12.1 Å². The fraction of sp³-hybridized carbons (Fsp3) is 0.176. The van der Waals surface area contributed by atoms with Crippen LogP contribution in [0.1, 0.15) is 21.6 Å². The summed E-state index contributed by atoms with van der Waals surface area (Å²) >= 11 is 12.7. The average molecular weight is 456 g/mol. The van der Waals surface area contributed by atoms with Crippen LogP contribution in [0.4, 0.5) is 5.69 Å². The number of amides is 1. The van der Waals surface area contributed by atoms with Crippen molar-refractivity contribution in [3.63, 3.8) is 0 Å². The van der Waals surface area contributed by atoms with Crippen molar-refractivity contribution < 1.29 is 18.3 Å². The third-order valence-electron chi connectivity index (χ3n) is 4.59. The molecular weight excluding hydrogens is 441 g/mol. The number of aromatic nitrogens is 2. The van der Waals surface area contributed by atoms with E-state index in [9.17, 15) is 18.3 Å². The Hall–Kier alpha value is -2.53. The molecule has 1 aromatic carbocycles. The summed E-state index contributed by atoms with van der Waals surface area (Å²) in [5, 5.41) is 12.7. The molecule has 0 unspecified atom stereocenters. The number of halogens is 2. The monoisotopic (exact) mass is 455 g/mol. The van der Waals surface area contributed by atoms with Gasteiger partial charge in [0.2, 0.25) is 5.88 Å². The zero-order valence-corrected chi connectivity index (χ0v) is 17.3. The molecule has 4 rings (SSSR count). The largest absolute Gasteiger partial charge is 0.493 e. The van der Waals surface area contributed by atoms with Gasteiger partial charge in [0.15, 0.2) is 0 Å². The number of aromatic amines is 1. The van der Waals surface area contributed by atoms with E-state index < -0.39 is 16.1 Å². The topological polar surface area (TPSA) is 127 Å². The number of H-pyrrole nitrogens is 1. The lowest BCUT2D eigenvalue weighted by Crippen LogP contribution is -2.39. The molecule has 3 heterocycles. The lowest BCUT2D eigenvalue weighted by atomic mass is 10.1. The minimum atomic E-state index is -3.91. The van der Waals surface area contributed by atoms with Crippen molar-refractivity contribution in [3.8, 4) is 5.88 Å². The molecule has 0 saturated heterocycles. The third-order valence-corrected chi connectivity index (χ3v) is 6.67. The molecule has 2 aromatic heterocycles. The summed E-state index contributed by atoms with van der Waals surface area (Å²) in [6.45, 7) is 0.0604. The van der Waals surface area contributed by atoms with Gasteiger partial charge in [-0.3, -0.25) is 9.52 Å². The second-order valence-electron chi connectivity index (χ2n) is 6.43. The van der Waals surface area contributed by atoms with Crippen LogP contribution in [-0.4, -0.2) is 40.8 Å². The molecule has 12 heteroatoms. The summed E-state index contributed by atoms with van der Waals surface area (Å²) in [6.07, 6.45) is 1.39. The normalized spacial score (nSPS) is 15.7. The Bertz CT molecular complexity index is 1260. The van der Waals surface area contributed by atoms with E-state index in [0.29, 0.717) is 22.0 Å². The summed E-state index contributed by atoms with van der Waals surface area (Å²) in [5.74, 6) is -0.647. The minimum absolute atomic E-state index is 0.0233. The number of rotatable bonds is 3. The first-order valence-electron chi connectivity index (χ1n) is 8.37. The molecule has 29 heavy (non-hydrogen) atoms. The molecule has 1 aliphatic heterocycles. The molecule has 0 aliphatic carbocycles. The van der Waals surface area contributed by atoms with Crippen LogP contribution in [0, 0.1) is 0 Å². The second kappa shape index (κ2) is 7.06. The lowest BCUT2D eigenvalue weighted by molar-refractivity contribution is 0.0959. The Morgan fingerprint density at radius 1 is 1.38 bits per heavy atom. The first-order valence-corrected chi connectivity index (χ1v) is 10.6. The molecule has 0 spiro atoms. The summed E-state index contributed by atoms with van der Waals surface area (Å²) in [4.78, 5) is 18.6. The number of carbonyl (C=O) groups excluding carboxylic acids is 1. The number of hydrogen-bond donors (Lipinski definition) is 4. The molecule has 1 aliphatic rings. The molecule has 152 valence electrons. The van der Waals surface area contributed by atoms with Crippen molar-refractivity contribution in [1.29, 1.82) is 0 Å². The maximum Gasteiger partial charge on any atom is 0.302 e. The summed E-state index contributed by atoms with van der Waals surface area (Å²) in [5.41, 5.74) is 1.89. The van der Waals surface area contributed by atoms with E-state index >= 15 is 0 Å². The number of anilines is 1. The van der Waals surface area contributed by atoms with Crippen LogP contribution in [-0.2, 0) is 23.3 Å². The highest BCUT2D eigenvalue weighted by molar-refractivity contribution is 7.90. The number of benzene rings is 1. The standard InChI is InChI=1S/C17H15Cl2N5O4S/c1-20-17(26)16-13(19)12-10(18)5-9-7-24(6-8-2-3-21-11(25)4-8)29(27,28)23-14(9)15(12)22-16/h2-5,22-23H,6-7H2,1H3,(H,20,26)(H,21,25). The third kappa shape index (κ3) is 3.38. The van der Waals surface area contributed by atoms with E-state index in [2.05, 4.69) is 20.0 Å². The maximum atomic E-state index is 12.8. The molecule has 1 amide bonds. The lowest BCUT2D eigenvalue weighted by Gasteiger charge is -2.29. The van der Waals surface area contributed by atoms with Gasteiger partial charge in [0.1, 0.15) is 5.69 Å². The second-order valence-corrected chi connectivity index (χ2v) is 8.89. The Balaban J connectivity index is 1.81. The fourth-order valence-corrected chi connectivity index (χ4v) is 5.19. The average Bonchev–Trinajstić information content (AvgIpc) is 3.01. The number of nitrogens with zero attached hydrogens (tertiary/aromatic N) is 2. The van der Waals surface area contributed by atoms with Gasteiger partial charge in [-0.1, -0.05) is 23.2 Å². The molecule has 0 saturated carbocycles. The SMILES string of the molecule is CNC(=O)c1[nH]c2c3c(cc(Cl)c2c1Cl)CN(Cc1ccnc(O)c1)S(=O)(=O)N3. The van der Waals surface area contributed by atoms with Crippen LogP contribution in [0.3, 0.4) is 0 Å². The van der Waals surface area contributed by atoms with E-state index in [4.69, 9.17) is 23.2 Å². The van der Waals surface area contributed by atoms with Crippen LogP contribution >= 0.6 is 23.2 Å². The Kier molecular flexibility index (Phi) is 4.82. The molecular formula is C17H15Cl2N5O4S. The maximum absolute atomic E-state index is 12.8. The van der Waals surface area contributed by atoms with Gasteiger partial charge in [0, 0.05) is 37.8 Å². The predicted molar refractivity (Wildman–Crippen MR) is 109 cm³/mol. The van der Waals surface area contributed by atoms with Gasteiger partial charge in [-0.2, -0.15) is 12.7 Å². The van der Waals surface area contributed by atoms with Crippen molar-refractivity contribution in [2.45, 2.75) is 13.1 Å². The van der Waals surface area contributed by atoms with Gasteiger partial charge in [0.05, 0.1) is 21.2 Å². The highest BCUT2D eigenvalue weighted by Gasteiger charge is 2.33. The molecule has 9 nitrogen and oxygen atoms in total. The molecule has 0 atom stereocenters. The van der Waals surface area contributed by atoms with E-state index in [-0.39, 0.29) is 40.4 Å². The Morgan fingerprint density at radius 3 is 2.83 bits per heavy atom. The first kappa shape index (κ1) is 19.8. The Labute approximate surface area is 175 Å². The number of aromatic hydroxyl groups is 1. The van der Waals surface area contributed by atoms with Crippen LogP contribution in [0.15, 0.2) is 24.4 Å². The smallest absolute Gasteiger partial charge is 0.302 e. The highest BCUT2D eigenvalue weighted by atomic mass is 35.5. The minimum Gasteiger partial charge on any atom is -0.493 e. The van der Waals surface area contributed by atoms with Gasteiger partial charge in [-0.05, 0) is 23.3 Å². The number of fused-ring (bicyclic) bond motifs is 3. The fourth-order valence-electron chi connectivity index (χ4n) is 3.24. The first-order chi connectivity index (χ1) is 13.7. The van der Waals surface area contributed by atoms with Crippen molar-refractivity contribution >= 4 is 55.9 Å². The zero-order valence-electron chi connectivity index (χ0n) is 15.0. The number of hydrogen-bond acceptors (Lipinski definition) is 5. The summed E-state index contributed by atoms with van der Waals surface area (Å²) in [6, 6.07) is 4.62. The molecule has 0 fully saturated rings. The highest BCUT2D eigenvalue weighted by Crippen LogP contribution is 2.42.